The van der Waals surface area contributed by atoms with Crippen LogP contribution in [0, 0.1) is 11.3 Å². The zero-order valence-corrected chi connectivity index (χ0v) is 13.6. The molecule has 22 heavy (non-hydrogen) atoms. The Kier molecular flexibility index (Phi) is 5.96. The lowest BCUT2D eigenvalue weighted by molar-refractivity contribution is 0.249. The number of anilines is 1. The van der Waals surface area contributed by atoms with Gasteiger partial charge in [-0.15, -0.1) is 11.3 Å². The molecule has 1 aromatic carbocycles. The smallest absolute Gasteiger partial charge is 0.104 e. The van der Waals surface area contributed by atoms with Crippen LogP contribution in [0.25, 0.3) is 0 Å². The molecule has 0 aliphatic carbocycles. The monoisotopic (exact) mass is 315 g/mol. The Labute approximate surface area is 135 Å². The number of aliphatic hydroxyl groups excluding tert-OH is 1. The number of nitriles is 1. The van der Waals surface area contributed by atoms with E-state index in [-0.39, 0.29) is 6.61 Å². The third-order valence-corrected chi connectivity index (χ3v) is 4.57. The third-order valence-electron chi connectivity index (χ3n) is 3.52. The Morgan fingerprint density at radius 1 is 1.36 bits per heavy atom. The molecular weight excluding hydrogens is 294 g/mol. The predicted octanol–water partition coefficient (Wildman–Crippen LogP) is 2.76. The van der Waals surface area contributed by atoms with Crippen molar-refractivity contribution in [2.24, 2.45) is 0 Å². The second kappa shape index (κ2) is 7.95. The molecule has 1 aromatic heterocycles. The number of hydrogen-bond acceptors (Lipinski definition) is 5. The summed E-state index contributed by atoms with van der Waals surface area (Å²) in [5.74, 6) is 0. The molecule has 0 atom stereocenters. The van der Waals surface area contributed by atoms with Crippen molar-refractivity contribution in [3.63, 3.8) is 0 Å². The second-order valence-corrected chi connectivity index (χ2v) is 6.25. The fourth-order valence-corrected chi connectivity index (χ4v) is 3.69. The lowest BCUT2D eigenvalue weighted by atomic mass is 10.0. The van der Waals surface area contributed by atoms with Gasteiger partial charge in [-0.3, -0.25) is 4.90 Å². The van der Waals surface area contributed by atoms with Gasteiger partial charge in [0.15, 0.2) is 0 Å². The summed E-state index contributed by atoms with van der Waals surface area (Å²) in [5.41, 5.74) is 9.12. The Morgan fingerprint density at radius 2 is 2.05 bits per heavy atom. The molecule has 0 saturated carbocycles. The van der Waals surface area contributed by atoms with Crippen molar-refractivity contribution in [1.82, 2.24) is 4.90 Å². The lowest BCUT2D eigenvalue weighted by Crippen LogP contribution is -2.29. The van der Waals surface area contributed by atoms with E-state index in [4.69, 9.17) is 16.1 Å². The van der Waals surface area contributed by atoms with Crippen LogP contribution in [0.2, 0.25) is 0 Å². The molecule has 0 amide bonds. The normalized spacial score (nSPS) is 13.7. The number of benzene rings is 1. The second-order valence-electron chi connectivity index (χ2n) is 5.12. The summed E-state index contributed by atoms with van der Waals surface area (Å²) in [6.07, 6.45) is 0.929. The maximum atomic E-state index is 9.13. The summed E-state index contributed by atoms with van der Waals surface area (Å²) < 4.78 is 0. The van der Waals surface area contributed by atoms with Gasteiger partial charge in [0.25, 0.3) is 0 Å². The third kappa shape index (κ3) is 3.86. The summed E-state index contributed by atoms with van der Waals surface area (Å²) in [4.78, 5) is 3.67. The molecule has 116 valence electrons. The minimum Gasteiger partial charge on any atom is -0.397 e. The van der Waals surface area contributed by atoms with Crippen LogP contribution in [0.1, 0.15) is 28.5 Å². The highest BCUT2D eigenvalue weighted by molar-refractivity contribution is 7.16. The molecule has 0 unspecified atom stereocenters. The van der Waals surface area contributed by atoms with E-state index in [0.717, 1.165) is 26.1 Å². The Hall–Kier alpha value is -1.87. The zero-order valence-electron chi connectivity index (χ0n) is 12.7. The Bertz CT molecular complexity index is 646. The summed E-state index contributed by atoms with van der Waals surface area (Å²) in [6, 6.07) is 12.7. The van der Waals surface area contributed by atoms with Gasteiger partial charge in [0.05, 0.1) is 5.56 Å². The molecule has 0 fully saturated rings. The number of rotatable bonds is 2. The largest absolute Gasteiger partial charge is 0.397 e. The van der Waals surface area contributed by atoms with Gasteiger partial charge in [0.1, 0.15) is 11.1 Å². The van der Waals surface area contributed by atoms with Crippen molar-refractivity contribution in [2.75, 3.05) is 18.9 Å². The molecule has 5 heteroatoms. The fraction of sp³-hybridized carbons (Fsp3) is 0.353. The first-order chi connectivity index (χ1) is 10.7. The SMILES string of the molecule is CCO.N#Cc1c(N)sc2c1CCN(Cc1ccccc1)C2. The molecule has 0 saturated heterocycles. The molecule has 2 heterocycles. The van der Waals surface area contributed by atoms with E-state index in [1.165, 1.54) is 16.0 Å². The van der Waals surface area contributed by atoms with E-state index in [1.54, 1.807) is 18.3 Å². The van der Waals surface area contributed by atoms with Gasteiger partial charge in [0, 0.05) is 31.1 Å². The molecule has 0 spiro atoms. The van der Waals surface area contributed by atoms with Gasteiger partial charge >= 0.3 is 0 Å². The van der Waals surface area contributed by atoms with Crippen molar-refractivity contribution in [1.29, 1.82) is 5.26 Å². The van der Waals surface area contributed by atoms with Crippen molar-refractivity contribution < 1.29 is 5.11 Å². The van der Waals surface area contributed by atoms with Crippen LogP contribution >= 0.6 is 11.3 Å². The molecule has 1 aliphatic heterocycles. The lowest BCUT2D eigenvalue weighted by Gasteiger charge is -2.26. The average Bonchev–Trinajstić information content (AvgIpc) is 2.83. The topological polar surface area (TPSA) is 73.3 Å². The summed E-state index contributed by atoms with van der Waals surface area (Å²) >= 11 is 1.57. The first-order valence-corrected chi connectivity index (χ1v) is 8.18. The summed E-state index contributed by atoms with van der Waals surface area (Å²) in [6.45, 7) is 4.79. The van der Waals surface area contributed by atoms with Crippen LogP contribution < -0.4 is 5.73 Å². The molecule has 0 bridgehead atoms. The number of hydrogen-bond donors (Lipinski definition) is 2. The van der Waals surface area contributed by atoms with Crippen LogP contribution in [-0.4, -0.2) is 23.2 Å². The van der Waals surface area contributed by atoms with Gasteiger partial charge in [0.2, 0.25) is 0 Å². The zero-order chi connectivity index (χ0) is 15.9. The fourth-order valence-electron chi connectivity index (χ4n) is 2.58. The van der Waals surface area contributed by atoms with Gasteiger partial charge in [-0.05, 0) is 24.5 Å². The molecular formula is C17H21N3OS. The Balaban J connectivity index is 0.000000545. The number of nitrogen functional groups attached to an aromatic ring is 1. The summed E-state index contributed by atoms with van der Waals surface area (Å²) in [7, 11) is 0. The standard InChI is InChI=1S/C15H15N3S.C2H6O/c16-8-13-12-6-7-18(10-14(12)19-15(13)17)9-11-4-2-1-3-5-11;1-2-3/h1-5H,6-7,9-10,17H2;3H,2H2,1H3. The molecule has 3 rings (SSSR count). The highest BCUT2D eigenvalue weighted by Crippen LogP contribution is 2.34. The number of thiophene rings is 1. The molecule has 3 N–H and O–H groups in total. The highest BCUT2D eigenvalue weighted by atomic mass is 32.1. The average molecular weight is 315 g/mol. The molecule has 2 aromatic rings. The number of aliphatic hydroxyl groups is 1. The number of fused-ring (bicyclic) bond motifs is 1. The van der Waals surface area contributed by atoms with Crippen LogP contribution in [-0.2, 0) is 19.5 Å². The molecule has 1 aliphatic rings. The van der Waals surface area contributed by atoms with E-state index >= 15 is 0 Å². The molecule has 4 nitrogen and oxygen atoms in total. The van der Waals surface area contributed by atoms with Gasteiger partial charge in [-0.25, -0.2) is 0 Å². The minimum absolute atomic E-state index is 0.250. The first-order valence-electron chi connectivity index (χ1n) is 7.36. The maximum Gasteiger partial charge on any atom is 0.104 e. The van der Waals surface area contributed by atoms with E-state index < -0.39 is 0 Å². The maximum absolute atomic E-state index is 9.13. The first kappa shape index (κ1) is 16.5. The van der Waals surface area contributed by atoms with E-state index in [2.05, 4.69) is 35.2 Å². The number of nitrogens with two attached hydrogens (primary N) is 1. The minimum atomic E-state index is 0.250. The molecule has 0 radical (unpaired) electrons. The van der Waals surface area contributed by atoms with Crippen LogP contribution in [0.5, 0.6) is 0 Å². The van der Waals surface area contributed by atoms with Crippen molar-refractivity contribution in [3.8, 4) is 6.07 Å². The van der Waals surface area contributed by atoms with Gasteiger partial charge in [-0.2, -0.15) is 5.26 Å². The quantitative estimate of drug-likeness (QED) is 0.894. The van der Waals surface area contributed by atoms with E-state index in [9.17, 15) is 0 Å². The van der Waals surface area contributed by atoms with Crippen molar-refractivity contribution >= 4 is 16.3 Å². The number of nitrogens with zero attached hydrogens (tertiary/aromatic N) is 2. The van der Waals surface area contributed by atoms with Crippen molar-refractivity contribution in [3.05, 3.63) is 51.9 Å². The van der Waals surface area contributed by atoms with Gasteiger partial charge < -0.3 is 10.8 Å². The van der Waals surface area contributed by atoms with E-state index in [0.29, 0.717) is 10.6 Å². The Morgan fingerprint density at radius 3 is 2.68 bits per heavy atom. The van der Waals surface area contributed by atoms with E-state index in [1.807, 2.05) is 6.07 Å². The van der Waals surface area contributed by atoms with Crippen molar-refractivity contribution in [2.45, 2.75) is 26.4 Å². The summed E-state index contributed by atoms with van der Waals surface area (Å²) in [5, 5.41) is 17.4. The van der Waals surface area contributed by atoms with Crippen LogP contribution in [0.15, 0.2) is 30.3 Å². The highest BCUT2D eigenvalue weighted by Gasteiger charge is 2.23. The van der Waals surface area contributed by atoms with Crippen LogP contribution in [0.3, 0.4) is 0 Å². The van der Waals surface area contributed by atoms with Crippen LogP contribution in [0.4, 0.5) is 5.00 Å². The van der Waals surface area contributed by atoms with Gasteiger partial charge in [-0.1, -0.05) is 30.3 Å². The predicted molar refractivity (Wildman–Crippen MR) is 90.5 cm³/mol.